The molecule has 1 N–H and O–H groups in total. The highest BCUT2D eigenvalue weighted by atomic mass is 35.5. The highest BCUT2D eigenvalue weighted by Crippen LogP contribution is 2.37. The van der Waals surface area contributed by atoms with Crippen molar-refractivity contribution in [2.24, 2.45) is 4.99 Å². The fourth-order valence-corrected chi connectivity index (χ4v) is 5.71. The summed E-state index contributed by atoms with van der Waals surface area (Å²) >= 11 is 7.37. The average Bonchev–Trinajstić information content (AvgIpc) is 3.19. The number of phenolic OH excluding ortho intramolecular Hbond substituents is 1. The van der Waals surface area contributed by atoms with Crippen molar-refractivity contribution < 1.29 is 19.4 Å². The van der Waals surface area contributed by atoms with Crippen LogP contribution < -0.4 is 24.4 Å². The maximum atomic E-state index is 13.9. The number of carbonyl (C=O) groups excluding carboxylic acids is 1. The molecule has 4 rings (SSSR count). The molecule has 0 bridgehead atoms. The molecular weight excluding hydrogens is 514 g/mol. The van der Waals surface area contributed by atoms with E-state index in [9.17, 15) is 14.7 Å². The Hall–Kier alpha value is -3.56. The lowest BCUT2D eigenvalue weighted by atomic mass is 9.94. The Labute approximate surface area is 223 Å². The molecule has 1 aliphatic heterocycles. The van der Waals surface area contributed by atoms with Crippen molar-refractivity contribution in [2.75, 3.05) is 27.3 Å². The molecule has 194 valence electrons. The van der Waals surface area contributed by atoms with E-state index in [1.54, 1.807) is 41.7 Å². The predicted molar refractivity (Wildman–Crippen MR) is 144 cm³/mol. The average molecular weight is 542 g/mol. The van der Waals surface area contributed by atoms with Crippen LogP contribution in [0.1, 0.15) is 37.9 Å². The van der Waals surface area contributed by atoms with Crippen molar-refractivity contribution in [3.8, 4) is 17.2 Å². The number of aromatic hydroxyl groups is 1. The second kappa shape index (κ2) is 10.8. The number of carbonyl (C=O) groups is 1. The molecule has 3 aromatic rings. The number of aromatic nitrogens is 1. The van der Waals surface area contributed by atoms with Gasteiger partial charge in [0.2, 0.25) is 0 Å². The molecule has 0 saturated carbocycles. The van der Waals surface area contributed by atoms with Crippen molar-refractivity contribution >= 4 is 34.9 Å². The van der Waals surface area contributed by atoms with Gasteiger partial charge in [-0.15, -0.1) is 0 Å². The summed E-state index contributed by atoms with van der Waals surface area (Å²) in [5, 5.41) is 10.2. The Bertz CT molecular complexity index is 1570. The van der Waals surface area contributed by atoms with Crippen molar-refractivity contribution in [1.82, 2.24) is 9.47 Å². The largest absolute Gasteiger partial charge is 0.503 e. The number of likely N-dealkylation sites (N-methyl/N-ethyl adjacent to an activating group) is 1. The molecule has 10 heteroatoms. The Morgan fingerprint density at radius 1 is 1.19 bits per heavy atom. The van der Waals surface area contributed by atoms with E-state index in [1.807, 2.05) is 38.1 Å². The number of nitrogens with zero attached hydrogens (tertiary/aromatic N) is 3. The van der Waals surface area contributed by atoms with Gasteiger partial charge in [0, 0.05) is 18.7 Å². The summed E-state index contributed by atoms with van der Waals surface area (Å²) in [6.45, 7) is 6.68. The van der Waals surface area contributed by atoms with Gasteiger partial charge in [-0.1, -0.05) is 41.1 Å². The van der Waals surface area contributed by atoms with Crippen LogP contribution >= 0.6 is 22.9 Å². The zero-order valence-electron chi connectivity index (χ0n) is 21.2. The van der Waals surface area contributed by atoms with Crippen molar-refractivity contribution in [3.63, 3.8) is 0 Å². The number of methoxy groups -OCH3 is 2. The molecule has 37 heavy (non-hydrogen) atoms. The van der Waals surface area contributed by atoms with Crippen LogP contribution in [-0.2, 0) is 4.79 Å². The second-order valence-electron chi connectivity index (χ2n) is 8.35. The minimum absolute atomic E-state index is 0.105. The lowest BCUT2D eigenvalue weighted by Gasteiger charge is -2.29. The van der Waals surface area contributed by atoms with Gasteiger partial charge in [-0.3, -0.25) is 14.2 Å². The number of ether oxygens (including phenoxy) is 2. The van der Waals surface area contributed by atoms with E-state index in [1.165, 1.54) is 18.4 Å². The van der Waals surface area contributed by atoms with E-state index in [0.29, 0.717) is 50.6 Å². The number of thiazole rings is 1. The summed E-state index contributed by atoms with van der Waals surface area (Å²) in [5.74, 6) is 0.415. The van der Waals surface area contributed by atoms with Gasteiger partial charge in [-0.25, -0.2) is 4.99 Å². The minimum atomic E-state index is -0.722. The van der Waals surface area contributed by atoms with E-state index in [4.69, 9.17) is 21.1 Å². The summed E-state index contributed by atoms with van der Waals surface area (Å²) in [5.41, 5.74) is 1.95. The number of hydrogen-bond donors (Lipinski definition) is 1. The molecule has 2 heterocycles. The molecule has 1 amide bonds. The topological polar surface area (TPSA) is 93.4 Å². The number of fused-ring (bicyclic) bond motifs is 1. The predicted octanol–water partition coefficient (Wildman–Crippen LogP) is 3.48. The molecule has 0 saturated heterocycles. The first-order valence-corrected chi connectivity index (χ1v) is 13.0. The number of hydrogen-bond acceptors (Lipinski definition) is 7. The van der Waals surface area contributed by atoms with Crippen LogP contribution in [0.15, 0.2) is 57.5 Å². The molecule has 0 radical (unpaired) electrons. The first-order chi connectivity index (χ1) is 17.7. The van der Waals surface area contributed by atoms with Crippen LogP contribution in [0.5, 0.6) is 17.2 Å². The van der Waals surface area contributed by atoms with Crippen LogP contribution in [0.2, 0.25) is 5.02 Å². The highest BCUT2D eigenvalue weighted by molar-refractivity contribution is 7.07. The van der Waals surface area contributed by atoms with E-state index in [0.717, 1.165) is 0 Å². The maximum Gasteiger partial charge on any atom is 0.271 e. The fraction of sp³-hybridized carbons (Fsp3) is 0.296. The number of phenols is 1. The molecule has 1 atom stereocenters. The standard InChI is InChI=1S/C27H28ClN3O5S/c1-6-30(7-2)26(34)22-15(3)29-27-31(23(22)17-10-8-9-11-19(17)35-4)25(33)21(37-27)14-16-12-18(28)24(32)20(13-16)36-5/h8-14,23,32H,6-7H2,1-5H3/b21-14+/t23-/m1/s1. The minimum Gasteiger partial charge on any atom is -0.503 e. The Kier molecular flexibility index (Phi) is 7.75. The van der Waals surface area contributed by atoms with E-state index < -0.39 is 6.04 Å². The Morgan fingerprint density at radius 3 is 2.51 bits per heavy atom. The first-order valence-electron chi connectivity index (χ1n) is 11.8. The number of para-hydroxylation sites is 1. The van der Waals surface area contributed by atoms with Gasteiger partial charge in [0.1, 0.15) is 11.8 Å². The first kappa shape index (κ1) is 26.5. The molecule has 0 aliphatic carbocycles. The van der Waals surface area contributed by atoms with Crippen LogP contribution in [0.4, 0.5) is 0 Å². The zero-order valence-corrected chi connectivity index (χ0v) is 22.8. The monoisotopic (exact) mass is 541 g/mol. The normalized spacial score (nSPS) is 15.3. The van der Waals surface area contributed by atoms with Crippen LogP contribution in [0.3, 0.4) is 0 Å². The third-order valence-electron chi connectivity index (χ3n) is 6.30. The highest BCUT2D eigenvalue weighted by Gasteiger charge is 2.35. The lowest BCUT2D eigenvalue weighted by molar-refractivity contribution is -0.127. The van der Waals surface area contributed by atoms with Gasteiger partial charge in [0.25, 0.3) is 11.5 Å². The number of halogens is 1. The van der Waals surface area contributed by atoms with Gasteiger partial charge in [-0.05, 0) is 50.6 Å². The van der Waals surface area contributed by atoms with E-state index in [2.05, 4.69) is 4.99 Å². The van der Waals surface area contributed by atoms with Gasteiger partial charge in [-0.2, -0.15) is 0 Å². The third-order valence-corrected chi connectivity index (χ3v) is 7.58. The van der Waals surface area contributed by atoms with Crippen molar-refractivity contribution in [2.45, 2.75) is 26.8 Å². The quantitative estimate of drug-likeness (QED) is 0.494. The molecular formula is C27H28ClN3O5S. The molecule has 0 fully saturated rings. The summed E-state index contributed by atoms with van der Waals surface area (Å²) in [6, 6.07) is 9.79. The zero-order chi connectivity index (χ0) is 26.9. The van der Waals surface area contributed by atoms with Crippen LogP contribution in [0.25, 0.3) is 6.08 Å². The fourth-order valence-electron chi connectivity index (χ4n) is 4.45. The summed E-state index contributed by atoms with van der Waals surface area (Å²) in [4.78, 5) is 34.5. The molecule has 0 unspecified atom stereocenters. The van der Waals surface area contributed by atoms with Gasteiger partial charge >= 0.3 is 0 Å². The Balaban J connectivity index is 2.00. The number of allylic oxidation sites excluding steroid dienone is 1. The Morgan fingerprint density at radius 2 is 1.86 bits per heavy atom. The second-order valence-corrected chi connectivity index (χ2v) is 9.77. The van der Waals surface area contributed by atoms with E-state index in [-0.39, 0.29) is 28.0 Å². The molecule has 8 nitrogen and oxygen atoms in total. The third kappa shape index (κ3) is 4.76. The maximum absolute atomic E-state index is 13.9. The van der Waals surface area contributed by atoms with Gasteiger partial charge < -0.3 is 19.5 Å². The molecule has 1 aromatic heterocycles. The lowest BCUT2D eigenvalue weighted by Crippen LogP contribution is -2.43. The summed E-state index contributed by atoms with van der Waals surface area (Å²) < 4.78 is 12.8. The molecule has 1 aliphatic rings. The summed E-state index contributed by atoms with van der Waals surface area (Å²) in [7, 11) is 2.99. The van der Waals surface area contributed by atoms with Crippen molar-refractivity contribution in [3.05, 3.63) is 83.5 Å². The number of benzene rings is 2. The molecule has 2 aromatic carbocycles. The van der Waals surface area contributed by atoms with Gasteiger partial charge in [0.05, 0.1) is 35.0 Å². The smallest absolute Gasteiger partial charge is 0.271 e. The number of amides is 1. The number of rotatable bonds is 7. The van der Waals surface area contributed by atoms with Crippen molar-refractivity contribution in [1.29, 1.82) is 0 Å². The van der Waals surface area contributed by atoms with Crippen LogP contribution in [0, 0.1) is 0 Å². The van der Waals surface area contributed by atoms with Crippen LogP contribution in [-0.4, -0.2) is 47.8 Å². The summed E-state index contributed by atoms with van der Waals surface area (Å²) in [6.07, 6.45) is 1.67. The van der Waals surface area contributed by atoms with Gasteiger partial charge in [0.15, 0.2) is 16.3 Å². The molecule has 0 spiro atoms. The SMILES string of the molecule is CCN(CC)C(=O)C1=C(C)N=c2s/c(=C/c3cc(Cl)c(O)c(OC)c3)c(=O)n2[C@@H]1c1ccccc1OC. The van der Waals surface area contributed by atoms with E-state index >= 15 is 0 Å².